The Morgan fingerprint density at radius 3 is 2.40 bits per heavy atom. The van der Waals surface area contributed by atoms with Crippen LogP contribution in [0.5, 0.6) is 0 Å². The molecular formula is C5H11BINS2. The smallest absolute Gasteiger partial charge is 0.273 e. The Bertz CT molecular complexity index is 108. The lowest BCUT2D eigenvalue weighted by atomic mass is 10.6. The van der Waals surface area contributed by atoms with E-state index in [1.807, 2.05) is 0 Å². The molecule has 0 saturated carbocycles. The van der Waals surface area contributed by atoms with Crippen LogP contribution in [0.3, 0.4) is 0 Å². The fraction of sp³-hybridized carbons (Fsp3) is 0.800. The summed E-state index contributed by atoms with van der Waals surface area (Å²) in [5.41, 5.74) is 0. The summed E-state index contributed by atoms with van der Waals surface area (Å²) in [7, 11) is 0. The van der Waals surface area contributed by atoms with Crippen molar-refractivity contribution in [3.8, 4) is 0 Å². The van der Waals surface area contributed by atoms with Gasteiger partial charge in [0.2, 0.25) is 0 Å². The summed E-state index contributed by atoms with van der Waals surface area (Å²) in [6.45, 7) is 6.31. The maximum atomic E-state index is 5.16. The van der Waals surface area contributed by atoms with Crippen molar-refractivity contribution >= 4 is 54.9 Å². The van der Waals surface area contributed by atoms with Gasteiger partial charge in [0.25, 0.3) is 4.41 Å². The van der Waals surface area contributed by atoms with E-state index in [0.717, 1.165) is 21.8 Å². The summed E-state index contributed by atoms with van der Waals surface area (Å²) in [5.74, 6) is 0. The molecule has 1 nitrogen and oxygen atoms in total. The molecule has 5 heteroatoms. The van der Waals surface area contributed by atoms with Crippen molar-refractivity contribution in [2.24, 2.45) is 0 Å². The molecule has 0 atom stereocenters. The molecule has 0 aromatic carbocycles. The van der Waals surface area contributed by atoms with Crippen LogP contribution in [-0.2, 0) is 0 Å². The van der Waals surface area contributed by atoms with Gasteiger partial charge in [0.1, 0.15) is 4.32 Å². The van der Waals surface area contributed by atoms with Gasteiger partial charge in [-0.15, -0.1) is 34.0 Å². The number of halogens is 1. The Labute approximate surface area is 86.3 Å². The second kappa shape index (κ2) is 6.73. The van der Waals surface area contributed by atoms with Crippen molar-refractivity contribution < 1.29 is 0 Å². The molecule has 58 valence electrons. The number of thiocarbonyl (C=S) groups is 1. The van der Waals surface area contributed by atoms with Crippen LogP contribution in [0.25, 0.3) is 0 Å². The average molecular weight is 287 g/mol. The first-order chi connectivity index (χ1) is 4.76. The van der Waals surface area contributed by atoms with Gasteiger partial charge in [-0.2, -0.15) is 0 Å². The Balaban J connectivity index is 3.65. The summed E-state index contributed by atoms with van der Waals surface area (Å²) in [5, 5.41) is 0. The molecule has 0 saturated heterocycles. The third-order valence-electron chi connectivity index (χ3n) is 1.20. The van der Waals surface area contributed by atoms with Gasteiger partial charge >= 0.3 is 0 Å². The average Bonchev–Trinajstić information content (AvgIpc) is 1.91. The lowest BCUT2D eigenvalue weighted by Crippen LogP contribution is -2.26. The lowest BCUT2D eigenvalue weighted by molar-refractivity contribution is 0.482. The topological polar surface area (TPSA) is 3.24 Å². The molecule has 10 heavy (non-hydrogen) atoms. The molecule has 0 heterocycles. The van der Waals surface area contributed by atoms with Crippen LogP contribution in [0.2, 0.25) is 0 Å². The van der Waals surface area contributed by atoms with Crippen molar-refractivity contribution in [2.75, 3.05) is 13.1 Å². The van der Waals surface area contributed by atoms with Gasteiger partial charge in [-0.3, -0.25) is 0 Å². The maximum absolute atomic E-state index is 5.16. The van der Waals surface area contributed by atoms with E-state index in [-0.39, 0.29) is 0 Å². The van der Waals surface area contributed by atoms with E-state index >= 15 is 0 Å². The van der Waals surface area contributed by atoms with Crippen LogP contribution in [0, 0.1) is 0 Å². The number of hydrogen-bond acceptors (Lipinski definition) is 2. The first-order valence-corrected chi connectivity index (χ1v) is 6.15. The second-order valence-electron chi connectivity index (χ2n) is 1.69. The Kier molecular flexibility index (Phi) is 7.42. The molecule has 0 fully saturated rings. The molecule has 0 rings (SSSR count). The fourth-order valence-electron chi connectivity index (χ4n) is 0.620. The quantitative estimate of drug-likeness (QED) is 0.444. The number of hydrogen-bond donors (Lipinski definition) is 0. The van der Waals surface area contributed by atoms with E-state index in [0.29, 0.717) is 0 Å². The predicted molar refractivity (Wildman–Crippen MR) is 64.3 cm³/mol. The normalized spacial score (nSPS) is 9.10. The van der Waals surface area contributed by atoms with Crippen LogP contribution < -0.4 is 0 Å². The molecular weight excluding hydrogens is 276 g/mol. The minimum atomic E-state index is 1.03. The van der Waals surface area contributed by atoms with Crippen molar-refractivity contribution in [3.05, 3.63) is 0 Å². The minimum Gasteiger partial charge on any atom is -0.359 e. The molecule has 0 N–H and O–H groups in total. The van der Waals surface area contributed by atoms with Gasteiger partial charge in [-0.25, -0.2) is 0 Å². The van der Waals surface area contributed by atoms with Gasteiger partial charge in [0, 0.05) is 13.1 Å². The number of nitrogens with zero attached hydrogens (tertiary/aromatic N) is 1. The van der Waals surface area contributed by atoms with E-state index in [9.17, 15) is 0 Å². The molecule has 0 unspecified atom stereocenters. The Morgan fingerprint density at radius 1 is 1.60 bits per heavy atom. The highest BCUT2D eigenvalue weighted by molar-refractivity contribution is 14.1. The zero-order valence-corrected chi connectivity index (χ0v) is 10.1. The summed E-state index contributed by atoms with van der Waals surface area (Å²) >= 11 is 9.21. The van der Waals surface area contributed by atoms with Gasteiger partial charge < -0.3 is 4.90 Å². The molecule has 0 radical (unpaired) electrons. The minimum absolute atomic E-state index is 1.03. The van der Waals surface area contributed by atoms with Crippen LogP contribution in [0.4, 0.5) is 0 Å². The third kappa shape index (κ3) is 4.03. The van der Waals surface area contributed by atoms with Gasteiger partial charge in [-0.1, -0.05) is 12.2 Å². The highest BCUT2D eigenvalue weighted by Gasteiger charge is 2.03. The zero-order chi connectivity index (χ0) is 7.98. The standard InChI is InChI=1S/C5H11BINS2/c1-3-8(4-2)5(9)10-6-7/h6H,3-4H2,1-2H3. The van der Waals surface area contributed by atoms with Crippen molar-refractivity contribution in [2.45, 2.75) is 13.8 Å². The van der Waals surface area contributed by atoms with E-state index in [2.05, 4.69) is 41.1 Å². The zero-order valence-electron chi connectivity index (χ0n) is 6.26. The molecule has 0 amide bonds. The van der Waals surface area contributed by atoms with Crippen LogP contribution in [-0.4, -0.2) is 26.7 Å². The summed E-state index contributed by atoms with van der Waals surface area (Å²) in [6.07, 6.45) is 0. The van der Waals surface area contributed by atoms with Gasteiger partial charge in [0.15, 0.2) is 0 Å². The van der Waals surface area contributed by atoms with Gasteiger partial charge in [-0.05, 0) is 13.8 Å². The predicted octanol–water partition coefficient (Wildman–Crippen LogP) is 2.05. The van der Waals surface area contributed by atoms with Crippen molar-refractivity contribution in [1.29, 1.82) is 0 Å². The van der Waals surface area contributed by atoms with Gasteiger partial charge in [0.05, 0.1) is 0 Å². The van der Waals surface area contributed by atoms with E-state index in [1.54, 1.807) is 11.6 Å². The molecule has 0 aromatic rings. The van der Waals surface area contributed by atoms with Crippen LogP contribution in [0.15, 0.2) is 0 Å². The first kappa shape index (κ1) is 11.0. The summed E-state index contributed by atoms with van der Waals surface area (Å²) < 4.78 is 2.08. The highest BCUT2D eigenvalue weighted by atomic mass is 127. The van der Waals surface area contributed by atoms with E-state index in [1.165, 1.54) is 0 Å². The Hall–Kier alpha value is 1.03. The number of rotatable bonds is 3. The first-order valence-electron chi connectivity index (χ1n) is 3.23. The van der Waals surface area contributed by atoms with Crippen LogP contribution in [0.1, 0.15) is 13.8 Å². The molecule has 0 aliphatic carbocycles. The van der Waals surface area contributed by atoms with E-state index < -0.39 is 0 Å². The fourth-order valence-corrected chi connectivity index (χ4v) is 3.11. The van der Waals surface area contributed by atoms with Crippen molar-refractivity contribution in [3.63, 3.8) is 0 Å². The summed E-state index contributed by atoms with van der Waals surface area (Å²) in [6, 6.07) is 0. The second-order valence-corrected chi connectivity index (χ2v) is 5.10. The third-order valence-corrected chi connectivity index (χ3v) is 3.36. The van der Waals surface area contributed by atoms with E-state index in [4.69, 9.17) is 12.2 Å². The maximum Gasteiger partial charge on any atom is 0.273 e. The Morgan fingerprint density at radius 2 is 2.10 bits per heavy atom. The lowest BCUT2D eigenvalue weighted by Gasteiger charge is -2.19. The molecule has 0 spiro atoms. The van der Waals surface area contributed by atoms with Crippen molar-refractivity contribution in [1.82, 2.24) is 4.90 Å². The SMILES string of the molecule is CCN(CC)C(=S)SBI. The monoisotopic (exact) mass is 287 g/mol. The molecule has 0 aliphatic heterocycles. The molecule has 0 bridgehead atoms. The largest absolute Gasteiger partial charge is 0.359 e. The molecule has 0 aromatic heterocycles. The summed E-state index contributed by atoms with van der Waals surface area (Å²) in [4.78, 5) is 2.19. The highest BCUT2D eigenvalue weighted by Crippen LogP contribution is 2.09. The van der Waals surface area contributed by atoms with Crippen LogP contribution >= 0.6 is 46.2 Å². The molecule has 0 aliphatic rings.